The molecule has 0 spiro atoms. The van der Waals surface area contributed by atoms with Gasteiger partial charge in [-0.1, -0.05) is 18.2 Å². The van der Waals surface area contributed by atoms with Crippen LogP contribution in [0.5, 0.6) is 0 Å². The van der Waals surface area contributed by atoms with Crippen molar-refractivity contribution in [2.24, 2.45) is 0 Å². The second kappa shape index (κ2) is 8.62. The van der Waals surface area contributed by atoms with Crippen LogP contribution in [0.2, 0.25) is 0 Å². The lowest BCUT2D eigenvalue weighted by Gasteiger charge is -2.05. The number of benzene rings is 1. The van der Waals surface area contributed by atoms with Gasteiger partial charge in [0.05, 0.1) is 28.4 Å². The number of nitrogens with one attached hydrogen (secondary N) is 1. The first-order valence-corrected chi connectivity index (χ1v) is 10.9. The van der Waals surface area contributed by atoms with Crippen LogP contribution < -0.4 is 5.32 Å². The molecule has 0 aliphatic heterocycles. The largest absolute Gasteiger partial charge is 0.464 e. The quantitative estimate of drug-likeness (QED) is 0.356. The molecule has 0 bridgehead atoms. The van der Waals surface area contributed by atoms with E-state index < -0.39 is 0 Å². The molecule has 10 heteroatoms. The van der Waals surface area contributed by atoms with Gasteiger partial charge in [-0.2, -0.15) is 10.2 Å². The number of nitrogens with zero attached hydrogens (tertiary/aromatic N) is 5. The van der Waals surface area contributed by atoms with Crippen LogP contribution in [0.4, 0.5) is 10.2 Å². The summed E-state index contributed by atoms with van der Waals surface area (Å²) in [5.41, 5.74) is 2.69. The van der Waals surface area contributed by atoms with Crippen LogP contribution in [0.1, 0.15) is 11.3 Å². The molecule has 0 aliphatic rings. The minimum Gasteiger partial charge on any atom is -0.464 e. The number of amides is 1. The van der Waals surface area contributed by atoms with Crippen LogP contribution >= 0.6 is 15.9 Å². The number of aromatic nitrogens is 5. The van der Waals surface area contributed by atoms with E-state index in [9.17, 15) is 9.18 Å². The monoisotopic (exact) mass is 508 g/mol. The zero-order valence-electron chi connectivity index (χ0n) is 17.5. The fourth-order valence-corrected chi connectivity index (χ4v) is 4.12. The Balaban J connectivity index is 1.35. The summed E-state index contributed by atoms with van der Waals surface area (Å²) < 4.78 is 23.2. The molecular weight excluding hydrogens is 491 g/mol. The maximum Gasteiger partial charge on any atom is 0.247 e. The zero-order chi connectivity index (χ0) is 22.9. The SMILES string of the molecule is Cc1nn(CC(=O)Nc2nn(Cc3ccccc3F)cc2Br)c2nccc(-c3ccco3)c12. The molecule has 5 aromatic rings. The van der Waals surface area contributed by atoms with Crippen LogP contribution in [-0.2, 0) is 17.9 Å². The van der Waals surface area contributed by atoms with Crippen molar-refractivity contribution in [1.29, 1.82) is 0 Å². The van der Waals surface area contributed by atoms with Gasteiger partial charge >= 0.3 is 0 Å². The molecule has 0 aliphatic carbocycles. The Morgan fingerprint density at radius 3 is 2.82 bits per heavy atom. The summed E-state index contributed by atoms with van der Waals surface area (Å²) in [5, 5.41) is 12.5. The molecule has 4 aromatic heterocycles. The lowest BCUT2D eigenvalue weighted by Crippen LogP contribution is -2.20. The number of anilines is 1. The molecule has 1 aromatic carbocycles. The van der Waals surface area contributed by atoms with Gasteiger partial charge in [0.15, 0.2) is 11.5 Å². The number of fused-ring (bicyclic) bond motifs is 1. The Hall–Kier alpha value is -3.79. The van der Waals surface area contributed by atoms with Crippen molar-refractivity contribution in [3.05, 3.63) is 82.7 Å². The highest BCUT2D eigenvalue weighted by Gasteiger charge is 2.18. The fourth-order valence-electron chi connectivity index (χ4n) is 3.70. The molecule has 4 heterocycles. The fraction of sp³-hybridized carbons (Fsp3) is 0.130. The van der Waals surface area contributed by atoms with Crippen molar-refractivity contribution < 1.29 is 13.6 Å². The minimum absolute atomic E-state index is 0.0500. The van der Waals surface area contributed by atoms with Crippen molar-refractivity contribution in [3.8, 4) is 11.3 Å². The van der Waals surface area contributed by atoms with Gasteiger partial charge in [0, 0.05) is 23.5 Å². The van der Waals surface area contributed by atoms with E-state index in [1.54, 1.807) is 46.2 Å². The normalized spacial score (nSPS) is 11.2. The smallest absolute Gasteiger partial charge is 0.247 e. The number of hydrogen-bond acceptors (Lipinski definition) is 5. The zero-order valence-corrected chi connectivity index (χ0v) is 19.1. The molecule has 0 fully saturated rings. The summed E-state index contributed by atoms with van der Waals surface area (Å²) in [6, 6.07) is 12.0. The van der Waals surface area contributed by atoms with E-state index in [-0.39, 0.29) is 24.8 Å². The Labute approximate surface area is 196 Å². The average Bonchev–Trinajstić information content (AvgIpc) is 3.51. The standard InChI is InChI=1S/C23H18BrFN6O2/c1-14-21-16(19-7-4-10-33-19)8-9-26-23(21)31(28-14)13-20(32)27-22-17(24)12-30(29-22)11-15-5-2-3-6-18(15)25/h2-10,12H,11,13H2,1H3,(H,27,29,32). The van der Waals surface area contributed by atoms with Gasteiger partial charge in [-0.3, -0.25) is 9.48 Å². The molecule has 0 atom stereocenters. The first kappa shape index (κ1) is 21.1. The lowest BCUT2D eigenvalue weighted by molar-refractivity contribution is -0.116. The predicted molar refractivity (Wildman–Crippen MR) is 124 cm³/mol. The van der Waals surface area contributed by atoms with Gasteiger partial charge in [-0.25, -0.2) is 14.1 Å². The summed E-state index contributed by atoms with van der Waals surface area (Å²) in [4.78, 5) is 17.2. The van der Waals surface area contributed by atoms with E-state index in [1.165, 1.54) is 6.07 Å². The number of rotatable bonds is 6. The number of carbonyl (C=O) groups is 1. The topological polar surface area (TPSA) is 90.8 Å². The molecule has 5 rings (SSSR count). The van der Waals surface area contributed by atoms with Gasteiger partial charge < -0.3 is 9.73 Å². The number of pyridine rings is 1. The highest BCUT2D eigenvalue weighted by Crippen LogP contribution is 2.30. The summed E-state index contributed by atoms with van der Waals surface area (Å²) in [6.07, 6.45) is 4.96. The maximum atomic E-state index is 13.9. The Morgan fingerprint density at radius 1 is 1.18 bits per heavy atom. The summed E-state index contributed by atoms with van der Waals surface area (Å²) >= 11 is 3.40. The van der Waals surface area contributed by atoms with Crippen molar-refractivity contribution >= 4 is 38.7 Å². The number of furan rings is 1. The third-order valence-electron chi connectivity index (χ3n) is 5.15. The highest BCUT2D eigenvalue weighted by atomic mass is 79.9. The van der Waals surface area contributed by atoms with Gasteiger partial charge in [0.1, 0.15) is 18.1 Å². The summed E-state index contributed by atoms with van der Waals surface area (Å²) in [7, 11) is 0. The van der Waals surface area contributed by atoms with E-state index >= 15 is 0 Å². The van der Waals surface area contributed by atoms with Gasteiger partial charge in [0.2, 0.25) is 5.91 Å². The van der Waals surface area contributed by atoms with Crippen LogP contribution in [0.25, 0.3) is 22.4 Å². The molecule has 0 radical (unpaired) electrons. The van der Waals surface area contributed by atoms with E-state index in [0.29, 0.717) is 27.3 Å². The second-order valence-corrected chi connectivity index (χ2v) is 8.29. The van der Waals surface area contributed by atoms with Crippen LogP contribution in [0, 0.1) is 12.7 Å². The summed E-state index contributed by atoms with van der Waals surface area (Å²) in [5.74, 6) is 0.422. The van der Waals surface area contributed by atoms with E-state index in [0.717, 1.165) is 16.6 Å². The predicted octanol–water partition coefficient (Wildman–Crippen LogP) is 4.78. The molecular formula is C23H18BrFN6O2. The maximum absolute atomic E-state index is 13.9. The van der Waals surface area contributed by atoms with Gasteiger partial charge in [-0.15, -0.1) is 0 Å². The second-order valence-electron chi connectivity index (χ2n) is 7.44. The summed E-state index contributed by atoms with van der Waals surface area (Å²) in [6.45, 7) is 2.06. The molecule has 33 heavy (non-hydrogen) atoms. The highest BCUT2D eigenvalue weighted by molar-refractivity contribution is 9.10. The molecule has 1 N–H and O–H groups in total. The van der Waals surface area contributed by atoms with Crippen LogP contribution in [-0.4, -0.2) is 30.5 Å². The first-order valence-electron chi connectivity index (χ1n) is 10.1. The van der Waals surface area contributed by atoms with Crippen molar-refractivity contribution in [2.45, 2.75) is 20.0 Å². The number of halogens is 2. The first-order chi connectivity index (χ1) is 16.0. The van der Waals surface area contributed by atoms with E-state index in [4.69, 9.17) is 4.42 Å². The average molecular weight is 509 g/mol. The minimum atomic E-state index is -0.318. The number of hydrogen-bond donors (Lipinski definition) is 1. The molecule has 0 saturated carbocycles. The Kier molecular flexibility index (Phi) is 5.51. The number of carbonyl (C=O) groups excluding carboxylic acids is 1. The third kappa shape index (κ3) is 4.17. The molecule has 8 nitrogen and oxygen atoms in total. The Bertz CT molecular complexity index is 1460. The van der Waals surface area contributed by atoms with E-state index in [1.807, 2.05) is 25.1 Å². The van der Waals surface area contributed by atoms with E-state index in [2.05, 4.69) is 36.4 Å². The van der Waals surface area contributed by atoms with Crippen molar-refractivity contribution in [1.82, 2.24) is 24.5 Å². The molecule has 0 saturated heterocycles. The van der Waals surface area contributed by atoms with Crippen LogP contribution in [0.15, 0.2) is 70.0 Å². The number of aryl methyl sites for hydroxylation is 1. The lowest BCUT2D eigenvalue weighted by atomic mass is 10.1. The van der Waals surface area contributed by atoms with Crippen molar-refractivity contribution in [3.63, 3.8) is 0 Å². The third-order valence-corrected chi connectivity index (χ3v) is 5.73. The van der Waals surface area contributed by atoms with Crippen LogP contribution in [0.3, 0.4) is 0 Å². The molecule has 0 unspecified atom stereocenters. The van der Waals surface area contributed by atoms with Gasteiger partial charge in [-0.05, 0) is 47.1 Å². The van der Waals surface area contributed by atoms with Gasteiger partial charge in [0.25, 0.3) is 0 Å². The molecule has 166 valence electrons. The molecule has 1 amide bonds. The van der Waals surface area contributed by atoms with Crippen molar-refractivity contribution in [2.75, 3.05) is 5.32 Å². The Morgan fingerprint density at radius 2 is 2.03 bits per heavy atom.